The Labute approximate surface area is 167 Å². The van der Waals surface area contributed by atoms with Crippen LogP contribution < -0.4 is 5.32 Å². The number of ether oxygens (including phenoxy) is 1. The highest BCUT2D eigenvalue weighted by molar-refractivity contribution is 7.17. The van der Waals surface area contributed by atoms with E-state index in [0.29, 0.717) is 17.1 Å². The van der Waals surface area contributed by atoms with Gasteiger partial charge in [-0.05, 0) is 61.8 Å². The number of esters is 1. The number of thiophene rings is 1. The summed E-state index contributed by atoms with van der Waals surface area (Å²) in [5, 5.41) is 3.54. The first kappa shape index (κ1) is 18.9. The highest BCUT2D eigenvalue weighted by Gasteiger charge is 2.32. The van der Waals surface area contributed by atoms with Gasteiger partial charge in [0.1, 0.15) is 10.8 Å². The smallest absolute Gasteiger partial charge is 0.341 e. The van der Waals surface area contributed by atoms with Crippen molar-refractivity contribution in [3.05, 3.63) is 51.7 Å². The van der Waals surface area contributed by atoms with Crippen molar-refractivity contribution >= 4 is 28.3 Å². The number of methoxy groups -OCH3 is 1. The number of carbonyl (C=O) groups excluding carboxylic acids is 2. The topological polar surface area (TPSA) is 58.6 Å². The standard InChI is InChI=1S/C21H23FN2O3S/c1-27-20(25)18-15-5-2-3-7-17(15)28-19(18)23-21(26)24-12-4-6-16(24)13-8-10-14(22)11-9-13/h8-11,16H,2-7,12H2,1H3,(H,23,26)/t16-/m1/s1. The van der Waals surface area contributed by atoms with Crippen molar-refractivity contribution in [1.29, 1.82) is 0 Å². The number of anilines is 1. The van der Waals surface area contributed by atoms with Crippen LogP contribution in [0.3, 0.4) is 0 Å². The molecule has 1 aliphatic heterocycles. The molecule has 0 radical (unpaired) electrons. The van der Waals surface area contributed by atoms with Crippen LogP contribution in [-0.2, 0) is 17.6 Å². The Bertz CT molecular complexity index is 894. The second-order valence-corrected chi connectivity index (χ2v) is 8.34. The lowest BCUT2D eigenvalue weighted by Gasteiger charge is -2.25. The van der Waals surface area contributed by atoms with E-state index in [1.165, 1.54) is 35.5 Å². The zero-order valence-corrected chi connectivity index (χ0v) is 16.6. The van der Waals surface area contributed by atoms with Gasteiger partial charge in [0.2, 0.25) is 0 Å². The number of hydrogen-bond donors (Lipinski definition) is 1. The fourth-order valence-electron chi connectivity index (χ4n) is 4.18. The number of nitrogens with one attached hydrogen (secondary N) is 1. The van der Waals surface area contributed by atoms with Crippen LogP contribution in [0.15, 0.2) is 24.3 Å². The highest BCUT2D eigenvalue weighted by Crippen LogP contribution is 2.39. The molecule has 1 fully saturated rings. The van der Waals surface area contributed by atoms with Gasteiger partial charge < -0.3 is 9.64 Å². The molecule has 0 bridgehead atoms. The van der Waals surface area contributed by atoms with Crippen LogP contribution in [0.5, 0.6) is 0 Å². The molecule has 148 valence electrons. The average Bonchev–Trinajstić information content (AvgIpc) is 3.32. The van der Waals surface area contributed by atoms with Crippen LogP contribution in [0.2, 0.25) is 0 Å². The Morgan fingerprint density at radius 3 is 2.68 bits per heavy atom. The molecule has 2 amide bonds. The molecule has 1 aromatic heterocycles. The van der Waals surface area contributed by atoms with Gasteiger partial charge in [0.15, 0.2) is 0 Å². The predicted octanol–water partition coefficient (Wildman–Crippen LogP) is 4.92. The van der Waals surface area contributed by atoms with E-state index < -0.39 is 5.97 Å². The summed E-state index contributed by atoms with van der Waals surface area (Å²) in [6.07, 6.45) is 5.64. The number of likely N-dealkylation sites (tertiary alicyclic amines) is 1. The zero-order chi connectivity index (χ0) is 19.7. The number of nitrogens with zero attached hydrogens (tertiary/aromatic N) is 1. The van der Waals surface area contributed by atoms with Crippen LogP contribution in [0, 0.1) is 5.82 Å². The number of urea groups is 1. The zero-order valence-electron chi connectivity index (χ0n) is 15.8. The SMILES string of the molecule is COC(=O)c1c(NC(=O)N2CCC[C@@H]2c2ccc(F)cc2)sc2c1CCCC2. The summed E-state index contributed by atoms with van der Waals surface area (Å²) in [5.41, 5.74) is 2.45. The minimum absolute atomic E-state index is 0.0863. The van der Waals surface area contributed by atoms with E-state index in [1.54, 1.807) is 17.0 Å². The normalized spacial score (nSPS) is 18.6. The van der Waals surface area contributed by atoms with Gasteiger partial charge in [-0.2, -0.15) is 0 Å². The van der Waals surface area contributed by atoms with Crippen molar-refractivity contribution in [2.45, 2.75) is 44.6 Å². The van der Waals surface area contributed by atoms with Crippen LogP contribution in [-0.4, -0.2) is 30.6 Å². The van der Waals surface area contributed by atoms with Crippen molar-refractivity contribution in [3.63, 3.8) is 0 Å². The third-order valence-corrected chi connectivity index (χ3v) is 6.76. The third-order valence-electron chi connectivity index (χ3n) is 5.55. The molecule has 1 saturated heterocycles. The molecular formula is C21H23FN2O3S. The van der Waals surface area contributed by atoms with Crippen LogP contribution in [0.4, 0.5) is 14.2 Å². The lowest BCUT2D eigenvalue weighted by molar-refractivity contribution is 0.0601. The number of aryl methyl sites for hydroxylation is 1. The summed E-state index contributed by atoms with van der Waals surface area (Å²) in [7, 11) is 1.37. The minimum Gasteiger partial charge on any atom is -0.465 e. The molecule has 7 heteroatoms. The van der Waals surface area contributed by atoms with Gasteiger partial charge in [-0.1, -0.05) is 12.1 Å². The maximum atomic E-state index is 13.2. The molecule has 2 aromatic rings. The molecular weight excluding hydrogens is 379 g/mol. The molecule has 5 nitrogen and oxygen atoms in total. The lowest BCUT2D eigenvalue weighted by atomic mass is 9.95. The molecule has 0 spiro atoms. The number of benzene rings is 1. The molecule has 0 saturated carbocycles. The second kappa shape index (κ2) is 7.91. The number of fused-ring (bicyclic) bond motifs is 1. The summed E-state index contributed by atoms with van der Waals surface area (Å²) < 4.78 is 18.2. The molecule has 2 heterocycles. The van der Waals surface area contributed by atoms with Gasteiger partial charge in [-0.25, -0.2) is 14.0 Å². The number of hydrogen-bond acceptors (Lipinski definition) is 4. The van der Waals surface area contributed by atoms with Gasteiger partial charge in [-0.3, -0.25) is 5.32 Å². The average molecular weight is 402 g/mol. The Balaban J connectivity index is 1.58. The fourth-order valence-corrected chi connectivity index (χ4v) is 5.45. The molecule has 1 aliphatic carbocycles. The van der Waals surface area contributed by atoms with Gasteiger partial charge in [0, 0.05) is 11.4 Å². The van der Waals surface area contributed by atoms with Crippen molar-refractivity contribution in [2.24, 2.45) is 0 Å². The first-order valence-electron chi connectivity index (χ1n) is 9.64. The first-order valence-corrected chi connectivity index (χ1v) is 10.5. The summed E-state index contributed by atoms with van der Waals surface area (Å²) in [4.78, 5) is 28.3. The van der Waals surface area contributed by atoms with Crippen molar-refractivity contribution < 1.29 is 18.7 Å². The molecule has 1 N–H and O–H groups in total. The predicted molar refractivity (Wildman–Crippen MR) is 106 cm³/mol. The molecule has 1 atom stereocenters. The van der Waals surface area contributed by atoms with E-state index in [0.717, 1.165) is 49.7 Å². The number of rotatable bonds is 3. The molecule has 28 heavy (non-hydrogen) atoms. The van der Waals surface area contributed by atoms with Gasteiger partial charge in [0.25, 0.3) is 0 Å². The summed E-state index contributed by atoms with van der Waals surface area (Å²) in [6.45, 7) is 0.631. The monoisotopic (exact) mass is 402 g/mol. The Morgan fingerprint density at radius 1 is 1.18 bits per heavy atom. The van der Waals surface area contributed by atoms with E-state index >= 15 is 0 Å². The fraction of sp³-hybridized carbons (Fsp3) is 0.429. The van der Waals surface area contributed by atoms with Crippen molar-refractivity contribution in [1.82, 2.24) is 4.90 Å². The molecule has 2 aliphatic rings. The number of halogens is 1. The Morgan fingerprint density at radius 2 is 1.93 bits per heavy atom. The first-order chi connectivity index (χ1) is 13.6. The van der Waals surface area contributed by atoms with Crippen LogP contribution in [0.25, 0.3) is 0 Å². The highest BCUT2D eigenvalue weighted by atomic mass is 32.1. The maximum Gasteiger partial charge on any atom is 0.341 e. The second-order valence-electron chi connectivity index (χ2n) is 7.24. The van der Waals surface area contributed by atoms with E-state index in [2.05, 4.69) is 5.32 Å². The molecule has 0 unspecified atom stereocenters. The van der Waals surface area contributed by atoms with E-state index in [9.17, 15) is 14.0 Å². The minimum atomic E-state index is -0.397. The largest absolute Gasteiger partial charge is 0.465 e. The third kappa shape index (κ3) is 3.51. The van der Waals surface area contributed by atoms with Gasteiger partial charge in [0.05, 0.1) is 18.7 Å². The summed E-state index contributed by atoms with van der Waals surface area (Å²) in [6, 6.07) is 6.00. The van der Waals surface area contributed by atoms with Crippen LogP contribution >= 0.6 is 11.3 Å². The molecule has 1 aromatic carbocycles. The Kier molecular flexibility index (Phi) is 5.35. The van der Waals surface area contributed by atoms with E-state index in [1.807, 2.05) is 0 Å². The van der Waals surface area contributed by atoms with E-state index in [4.69, 9.17) is 4.74 Å². The van der Waals surface area contributed by atoms with Gasteiger partial charge >= 0.3 is 12.0 Å². The van der Waals surface area contributed by atoms with E-state index in [-0.39, 0.29) is 17.9 Å². The van der Waals surface area contributed by atoms with Crippen LogP contribution in [0.1, 0.15) is 58.1 Å². The quantitative estimate of drug-likeness (QED) is 0.741. The number of amides is 2. The summed E-state index contributed by atoms with van der Waals surface area (Å²) in [5.74, 6) is -0.684. The summed E-state index contributed by atoms with van der Waals surface area (Å²) >= 11 is 1.48. The van der Waals surface area contributed by atoms with Gasteiger partial charge in [-0.15, -0.1) is 11.3 Å². The van der Waals surface area contributed by atoms with Crippen molar-refractivity contribution in [2.75, 3.05) is 19.0 Å². The lowest BCUT2D eigenvalue weighted by Crippen LogP contribution is -2.34. The maximum absolute atomic E-state index is 13.2. The van der Waals surface area contributed by atoms with Crippen molar-refractivity contribution in [3.8, 4) is 0 Å². The number of carbonyl (C=O) groups is 2. The molecule has 4 rings (SSSR count). The Hall–Kier alpha value is -2.41.